The Kier molecular flexibility index (Phi) is 5.79. The molecule has 0 unspecified atom stereocenters. The molecule has 22 heavy (non-hydrogen) atoms. The highest BCUT2D eigenvalue weighted by Crippen LogP contribution is 2.23. The second kappa shape index (κ2) is 8.02. The zero-order valence-corrected chi connectivity index (χ0v) is 14.1. The van der Waals surface area contributed by atoms with E-state index in [9.17, 15) is 4.79 Å². The molecule has 4 heteroatoms. The lowest BCUT2D eigenvalue weighted by atomic mass is 10.1. The first-order chi connectivity index (χ1) is 10.8. The van der Waals surface area contributed by atoms with Crippen molar-refractivity contribution in [3.8, 4) is 0 Å². The number of benzene rings is 1. The number of rotatable bonds is 5. The molecule has 0 atom stereocenters. The van der Waals surface area contributed by atoms with Gasteiger partial charge in [0.25, 0.3) is 0 Å². The molecule has 0 aromatic heterocycles. The fourth-order valence-corrected chi connectivity index (χ4v) is 5.48. The summed E-state index contributed by atoms with van der Waals surface area (Å²) in [5.41, 5.74) is 1.10. The summed E-state index contributed by atoms with van der Waals surface area (Å²) in [7, 11) is 0.469. The summed E-state index contributed by atoms with van der Waals surface area (Å²) in [6.45, 7) is 2.92. The molecule has 2 heterocycles. The maximum Gasteiger partial charge on any atom is 0.320 e. The van der Waals surface area contributed by atoms with Crippen LogP contribution in [0.25, 0.3) is 0 Å². The summed E-state index contributed by atoms with van der Waals surface area (Å²) >= 11 is 0. The van der Waals surface area contributed by atoms with Crippen molar-refractivity contribution in [1.82, 2.24) is 4.90 Å². The number of nitrogens with zero attached hydrogens (tertiary/aromatic N) is 1. The third-order valence-electron chi connectivity index (χ3n) is 4.49. The van der Waals surface area contributed by atoms with Crippen LogP contribution in [-0.2, 0) is 27.0 Å². The van der Waals surface area contributed by atoms with E-state index in [-0.39, 0.29) is 5.97 Å². The maximum atomic E-state index is 11.9. The summed E-state index contributed by atoms with van der Waals surface area (Å²) in [5.74, 6) is 2.61. The third-order valence-corrected chi connectivity index (χ3v) is 6.99. The van der Waals surface area contributed by atoms with Gasteiger partial charge in [-0.15, -0.1) is 0 Å². The second-order valence-corrected chi connectivity index (χ2v) is 8.52. The van der Waals surface area contributed by atoms with E-state index in [4.69, 9.17) is 4.74 Å². The largest absolute Gasteiger partial charge is 0.460 e. The van der Waals surface area contributed by atoms with E-state index in [0.717, 1.165) is 18.7 Å². The molecule has 2 aliphatic rings. The summed E-state index contributed by atoms with van der Waals surface area (Å²) in [6.07, 6.45) is 6.45. The van der Waals surface area contributed by atoms with Crippen LogP contribution >= 0.6 is 0 Å². The minimum absolute atomic E-state index is 0.0938. The van der Waals surface area contributed by atoms with Gasteiger partial charge >= 0.3 is 5.97 Å². The van der Waals surface area contributed by atoms with Crippen LogP contribution in [0.5, 0.6) is 0 Å². The highest BCUT2D eigenvalue weighted by Gasteiger charge is 2.26. The molecule has 0 saturated carbocycles. The number of esters is 1. The third kappa shape index (κ3) is 4.50. The number of hydrogen-bond donors (Lipinski definition) is 0. The van der Waals surface area contributed by atoms with E-state index in [0.29, 0.717) is 24.0 Å². The molecule has 0 bridgehead atoms. The van der Waals surface area contributed by atoms with Gasteiger partial charge in [0, 0.05) is 10.9 Å². The molecule has 3 nitrogen and oxygen atoms in total. The monoisotopic (exact) mass is 320 g/mol. The van der Waals surface area contributed by atoms with Crippen LogP contribution in [0.3, 0.4) is 0 Å². The van der Waals surface area contributed by atoms with Crippen molar-refractivity contribution in [3.63, 3.8) is 0 Å². The summed E-state index contributed by atoms with van der Waals surface area (Å²) in [5, 5.41) is 0. The Morgan fingerprint density at radius 2 is 1.68 bits per heavy atom. The molecule has 2 fully saturated rings. The van der Waals surface area contributed by atoms with Crippen molar-refractivity contribution in [1.29, 1.82) is 0 Å². The minimum atomic E-state index is -0.0938. The zero-order chi connectivity index (χ0) is 15.2. The molecule has 0 aliphatic carbocycles. The smallest absolute Gasteiger partial charge is 0.320 e. The topological polar surface area (TPSA) is 29.5 Å². The van der Waals surface area contributed by atoms with Crippen LogP contribution in [0.2, 0.25) is 0 Å². The SMILES string of the molecule is O=C(CN1CCCCC1)OCc1ccc([S+]2CCCC2)cc1. The fourth-order valence-electron chi connectivity index (χ4n) is 3.18. The van der Waals surface area contributed by atoms with Gasteiger partial charge in [0.1, 0.15) is 18.1 Å². The normalized spacial score (nSPS) is 20.2. The summed E-state index contributed by atoms with van der Waals surface area (Å²) in [6, 6.07) is 8.69. The van der Waals surface area contributed by atoms with Gasteiger partial charge in [-0.25, -0.2) is 0 Å². The lowest BCUT2D eigenvalue weighted by molar-refractivity contribution is -0.146. The molecule has 1 aromatic rings. The quantitative estimate of drug-likeness (QED) is 0.617. The lowest BCUT2D eigenvalue weighted by Gasteiger charge is -2.25. The highest BCUT2D eigenvalue weighted by molar-refractivity contribution is 7.97. The Labute approximate surface area is 136 Å². The van der Waals surface area contributed by atoms with Crippen LogP contribution in [0.15, 0.2) is 29.2 Å². The number of carbonyl (C=O) groups is 1. The van der Waals surface area contributed by atoms with Crippen LogP contribution < -0.4 is 0 Å². The van der Waals surface area contributed by atoms with Crippen molar-refractivity contribution in [2.24, 2.45) is 0 Å². The Balaban J connectivity index is 1.43. The number of hydrogen-bond acceptors (Lipinski definition) is 3. The standard InChI is InChI=1S/C18H26NO2S/c20-18(14-19-10-2-1-3-11-19)21-15-16-6-8-17(9-7-16)22-12-4-5-13-22/h6-9H,1-5,10-15H2/q+1. The van der Waals surface area contributed by atoms with Gasteiger partial charge in [0.15, 0.2) is 4.90 Å². The number of likely N-dealkylation sites (tertiary alicyclic amines) is 1. The zero-order valence-electron chi connectivity index (χ0n) is 13.3. The fraction of sp³-hybridized carbons (Fsp3) is 0.611. The first-order valence-corrected chi connectivity index (χ1v) is 10.0. The van der Waals surface area contributed by atoms with Crippen molar-refractivity contribution in [3.05, 3.63) is 29.8 Å². The van der Waals surface area contributed by atoms with Crippen molar-refractivity contribution in [2.45, 2.75) is 43.6 Å². The van der Waals surface area contributed by atoms with Gasteiger partial charge in [-0.2, -0.15) is 0 Å². The Morgan fingerprint density at radius 1 is 1.00 bits per heavy atom. The second-order valence-electron chi connectivity index (χ2n) is 6.25. The van der Waals surface area contributed by atoms with E-state index in [2.05, 4.69) is 29.2 Å². The van der Waals surface area contributed by atoms with Gasteiger partial charge < -0.3 is 4.74 Å². The van der Waals surface area contributed by atoms with Gasteiger partial charge in [0.05, 0.1) is 6.54 Å². The van der Waals surface area contributed by atoms with Crippen molar-refractivity contribution >= 4 is 16.9 Å². The molecular weight excluding hydrogens is 294 g/mol. The van der Waals surface area contributed by atoms with Gasteiger partial charge in [0.2, 0.25) is 0 Å². The van der Waals surface area contributed by atoms with Gasteiger partial charge in [-0.05, 0) is 56.5 Å². The molecule has 2 saturated heterocycles. The van der Waals surface area contributed by atoms with Crippen LogP contribution in [0, 0.1) is 0 Å². The predicted octanol–water partition coefficient (Wildman–Crippen LogP) is 2.99. The Hall–Kier alpha value is -1.00. The van der Waals surface area contributed by atoms with Crippen LogP contribution in [-0.4, -0.2) is 42.0 Å². The van der Waals surface area contributed by atoms with E-state index in [1.165, 1.54) is 48.5 Å². The van der Waals surface area contributed by atoms with Crippen LogP contribution in [0.1, 0.15) is 37.7 Å². The first-order valence-electron chi connectivity index (χ1n) is 8.46. The summed E-state index contributed by atoms with van der Waals surface area (Å²) in [4.78, 5) is 15.6. The van der Waals surface area contributed by atoms with E-state index in [1.54, 1.807) is 0 Å². The van der Waals surface area contributed by atoms with E-state index < -0.39 is 0 Å². The molecule has 0 spiro atoms. The minimum Gasteiger partial charge on any atom is -0.460 e. The summed E-state index contributed by atoms with van der Waals surface area (Å²) < 4.78 is 5.42. The average molecular weight is 320 g/mol. The Bertz CT molecular complexity index is 476. The molecule has 0 radical (unpaired) electrons. The Morgan fingerprint density at radius 3 is 2.36 bits per heavy atom. The van der Waals surface area contributed by atoms with Gasteiger partial charge in [-0.1, -0.05) is 18.6 Å². The van der Waals surface area contributed by atoms with Crippen molar-refractivity contribution in [2.75, 3.05) is 31.1 Å². The van der Waals surface area contributed by atoms with Crippen LogP contribution in [0.4, 0.5) is 0 Å². The molecule has 1 aromatic carbocycles. The lowest BCUT2D eigenvalue weighted by Crippen LogP contribution is -2.35. The first kappa shape index (κ1) is 15.9. The molecular formula is C18H26NO2S+. The van der Waals surface area contributed by atoms with E-state index in [1.807, 2.05) is 0 Å². The predicted molar refractivity (Wildman–Crippen MR) is 91.1 cm³/mol. The van der Waals surface area contributed by atoms with Gasteiger partial charge in [-0.3, -0.25) is 9.69 Å². The van der Waals surface area contributed by atoms with Crippen molar-refractivity contribution < 1.29 is 9.53 Å². The molecule has 0 amide bonds. The molecule has 3 rings (SSSR count). The molecule has 2 aliphatic heterocycles. The number of piperidine rings is 1. The molecule has 0 N–H and O–H groups in total. The highest BCUT2D eigenvalue weighted by atomic mass is 32.2. The van der Waals surface area contributed by atoms with E-state index >= 15 is 0 Å². The number of ether oxygens (including phenoxy) is 1. The number of carbonyl (C=O) groups excluding carboxylic acids is 1. The maximum absolute atomic E-state index is 11.9. The molecule has 120 valence electrons. The average Bonchev–Trinajstić information content (AvgIpc) is 3.09.